The topological polar surface area (TPSA) is 116 Å². The van der Waals surface area contributed by atoms with Gasteiger partial charge in [-0.2, -0.15) is 0 Å². The van der Waals surface area contributed by atoms with Crippen molar-refractivity contribution in [2.45, 2.75) is 57.5 Å². The molecular formula is C13H22N2O5. The first-order chi connectivity index (χ1) is 9.42. The maximum Gasteiger partial charge on any atom is 0.326 e. The fourth-order valence-corrected chi connectivity index (χ4v) is 1.99. The van der Waals surface area contributed by atoms with Gasteiger partial charge >= 0.3 is 18.0 Å². The lowest BCUT2D eigenvalue weighted by atomic mass is 10.1. The molecule has 0 aromatic carbocycles. The molecule has 0 aromatic heterocycles. The van der Waals surface area contributed by atoms with Crippen LogP contribution in [0.3, 0.4) is 0 Å². The Morgan fingerprint density at radius 1 is 1.20 bits per heavy atom. The average molecular weight is 286 g/mol. The maximum absolute atomic E-state index is 11.7. The minimum Gasteiger partial charge on any atom is -0.481 e. The lowest BCUT2D eigenvalue weighted by Gasteiger charge is -2.19. The second-order valence-electron chi connectivity index (χ2n) is 5.23. The van der Waals surface area contributed by atoms with Crippen LogP contribution < -0.4 is 10.6 Å². The van der Waals surface area contributed by atoms with Gasteiger partial charge in [0.25, 0.3) is 0 Å². The molecule has 0 spiro atoms. The van der Waals surface area contributed by atoms with Crippen molar-refractivity contribution in [1.29, 1.82) is 0 Å². The van der Waals surface area contributed by atoms with Gasteiger partial charge in [-0.05, 0) is 25.2 Å². The molecule has 0 heterocycles. The molecule has 0 aliphatic heterocycles. The predicted molar refractivity (Wildman–Crippen MR) is 71.4 cm³/mol. The molecule has 7 heteroatoms. The zero-order valence-corrected chi connectivity index (χ0v) is 11.6. The third-order valence-electron chi connectivity index (χ3n) is 3.39. The molecular weight excluding hydrogens is 264 g/mol. The van der Waals surface area contributed by atoms with Crippen LogP contribution in [0.1, 0.15) is 45.4 Å². The highest BCUT2D eigenvalue weighted by Crippen LogP contribution is 2.33. The van der Waals surface area contributed by atoms with Gasteiger partial charge in [0.1, 0.15) is 6.04 Å². The van der Waals surface area contributed by atoms with Crippen LogP contribution in [0.15, 0.2) is 0 Å². The summed E-state index contributed by atoms with van der Waals surface area (Å²) in [6, 6.07) is -1.68. The molecule has 114 valence electrons. The van der Waals surface area contributed by atoms with E-state index in [9.17, 15) is 14.4 Å². The van der Waals surface area contributed by atoms with Crippen LogP contribution in [0, 0.1) is 5.92 Å². The van der Waals surface area contributed by atoms with E-state index in [2.05, 4.69) is 10.6 Å². The highest BCUT2D eigenvalue weighted by molar-refractivity contribution is 5.83. The molecule has 1 aliphatic carbocycles. The minimum absolute atomic E-state index is 0.0384. The quantitative estimate of drug-likeness (QED) is 0.508. The van der Waals surface area contributed by atoms with Crippen molar-refractivity contribution in [2.24, 2.45) is 5.92 Å². The van der Waals surface area contributed by atoms with Gasteiger partial charge in [0.05, 0.1) is 0 Å². The molecule has 0 bridgehead atoms. The van der Waals surface area contributed by atoms with Gasteiger partial charge in [-0.3, -0.25) is 4.79 Å². The lowest BCUT2D eigenvalue weighted by molar-refractivity contribution is -0.140. The monoisotopic (exact) mass is 286 g/mol. The van der Waals surface area contributed by atoms with Crippen molar-refractivity contribution in [3.8, 4) is 0 Å². The Kier molecular flexibility index (Phi) is 6.27. The van der Waals surface area contributed by atoms with E-state index in [1.165, 1.54) is 12.8 Å². The molecule has 1 unspecified atom stereocenters. The molecule has 0 saturated heterocycles. The van der Waals surface area contributed by atoms with Crippen LogP contribution in [0.5, 0.6) is 0 Å². The Labute approximate surface area is 117 Å². The van der Waals surface area contributed by atoms with Gasteiger partial charge in [-0.1, -0.05) is 19.8 Å². The van der Waals surface area contributed by atoms with Crippen LogP contribution in [0.25, 0.3) is 0 Å². The van der Waals surface area contributed by atoms with E-state index in [1.54, 1.807) is 0 Å². The summed E-state index contributed by atoms with van der Waals surface area (Å²) >= 11 is 0. The minimum atomic E-state index is -1.23. The zero-order valence-electron chi connectivity index (χ0n) is 11.6. The zero-order chi connectivity index (χ0) is 15.1. The molecule has 4 N–H and O–H groups in total. The Bertz CT molecular complexity index is 368. The Morgan fingerprint density at radius 2 is 1.85 bits per heavy atom. The SMILES string of the molecule is CCC(CC1CC1)NC(=O)N[C@@H](CCC(=O)O)C(=O)O. The number of hydrogen-bond acceptors (Lipinski definition) is 3. The molecule has 2 amide bonds. The number of aliphatic carboxylic acids is 2. The molecule has 2 atom stereocenters. The highest BCUT2D eigenvalue weighted by atomic mass is 16.4. The normalized spacial score (nSPS) is 17.1. The summed E-state index contributed by atoms with van der Waals surface area (Å²) in [5.41, 5.74) is 0. The van der Waals surface area contributed by atoms with Gasteiger partial charge in [0.15, 0.2) is 0 Å². The second-order valence-corrected chi connectivity index (χ2v) is 5.23. The van der Waals surface area contributed by atoms with Crippen molar-refractivity contribution in [2.75, 3.05) is 0 Å². The summed E-state index contributed by atoms with van der Waals surface area (Å²) in [6.07, 6.45) is 3.66. The van der Waals surface area contributed by atoms with Gasteiger partial charge in [-0.25, -0.2) is 9.59 Å². The summed E-state index contributed by atoms with van der Waals surface area (Å²) in [4.78, 5) is 33.1. The second kappa shape index (κ2) is 7.72. The van der Waals surface area contributed by atoms with E-state index in [0.717, 1.165) is 12.8 Å². The van der Waals surface area contributed by atoms with Gasteiger partial charge in [0, 0.05) is 12.5 Å². The van der Waals surface area contributed by atoms with E-state index in [4.69, 9.17) is 10.2 Å². The van der Waals surface area contributed by atoms with Crippen molar-refractivity contribution in [3.63, 3.8) is 0 Å². The third kappa shape index (κ3) is 6.40. The van der Waals surface area contributed by atoms with Gasteiger partial charge in [-0.15, -0.1) is 0 Å². The predicted octanol–water partition coefficient (Wildman–Crippen LogP) is 1.18. The molecule has 1 fully saturated rings. The van der Waals surface area contributed by atoms with E-state index in [-0.39, 0.29) is 18.9 Å². The van der Waals surface area contributed by atoms with E-state index < -0.39 is 24.0 Å². The van der Waals surface area contributed by atoms with Crippen LogP contribution in [-0.2, 0) is 9.59 Å². The van der Waals surface area contributed by atoms with Crippen molar-refractivity contribution >= 4 is 18.0 Å². The summed E-state index contributed by atoms with van der Waals surface area (Å²) in [6.45, 7) is 1.96. The fourth-order valence-electron chi connectivity index (χ4n) is 1.99. The summed E-state index contributed by atoms with van der Waals surface area (Å²) in [5, 5.41) is 22.6. The fraction of sp³-hybridized carbons (Fsp3) is 0.769. The van der Waals surface area contributed by atoms with Gasteiger partial charge in [0.2, 0.25) is 0 Å². The first-order valence-electron chi connectivity index (χ1n) is 6.94. The summed E-state index contributed by atoms with van der Waals surface area (Å²) in [7, 11) is 0. The number of carboxylic acid groups (broad SMARTS) is 2. The van der Waals surface area contributed by atoms with Crippen molar-refractivity contribution in [3.05, 3.63) is 0 Å². The average Bonchev–Trinajstić information content (AvgIpc) is 3.16. The van der Waals surface area contributed by atoms with E-state index in [1.807, 2.05) is 6.92 Å². The lowest BCUT2D eigenvalue weighted by Crippen LogP contribution is -2.49. The molecule has 1 aliphatic rings. The number of hydrogen-bond donors (Lipinski definition) is 4. The highest BCUT2D eigenvalue weighted by Gasteiger charge is 2.26. The Balaban J connectivity index is 2.38. The first-order valence-corrected chi connectivity index (χ1v) is 6.94. The summed E-state index contributed by atoms with van der Waals surface area (Å²) < 4.78 is 0. The molecule has 1 saturated carbocycles. The molecule has 1 rings (SSSR count). The summed E-state index contributed by atoms with van der Waals surface area (Å²) in [5.74, 6) is -1.64. The Hall–Kier alpha value is -1.79. The number of urea groups is 1. The van der Waals surface area contributed by atoms with E-state index in [0.29, 0.717) is 5.92 Å². The number of carbonyl (C=O) groups is 3. The standard InChI is InChI=1S/C13H22N2O5/c1-2-9(7-8-3-4-8)14-13(20)15-10(12(18)19)5-6-11(16)17/h8-10H,2-7H2,1H3,(H,16,17)(H,18,19)(H2,14,15,20)/t9?,10-/m0/s1. The Morgan fingerprint density at radius 3 is 2.30 bits per heavy atom. The number of rotatable bonds is 9. The van der Waals surface area contributed by atoms with E-state index >= 15 is 0 Å². The number of amides is 2. The largest absolute Gasteiger partial charge is 0.481 e. The smallest absolute Gasteiger partial charge is 0.326 e. The third-order valence-corrected chi connectivity index (χ3v) is 3.39. The van der Waals surface area contributed by atoms with Crippen LogP contribution >= 0.6 is 0 Å². The first kappa shape index (κ1) is 16.3. The molecule has 0 aromatic rings. The maximum atomic E-state index is 11.7. The number of carbonyl (C=O) groups excluding carboxylic acids is 1. The van der Waals surface area contributed by atoms with Crippen LogP contribution in [-0.4, -0.2) is 40.3 Å². The molecule has 20 heavy (non-hydrogen) atoms. The van der Waals surface area contributed by atoms with Crippen molar-refractivity contribution < 1.29 is 24.6 Å². The van der Waals surface area contributed by atoms with Crippen LogP contribution in [0.4, 0.5) is 4.79 Å². The van der Waals surface area contributed by atoms with Crippen molar-refractivity contribution in [1.82, 2.24) is 10.6 Å². The molecule has 0 radical (unpaired) electrons. The molecule has 7 nitrogen and oxygen atoms in total. The van der Waals surface area contributed by atoms with Crippen LogP contribution in [0.2, 0.25) is 0 Å². The number of nitrogens with one attached hydrogen (secondary N) is 2. The van der Waals surface area contributed by atoms with Gasteiger partial charge < -0.3 is 20.8 Å². The number of carboxylic acids is 2.